The van der Waals surface area contributed by atoms with Gasteiger partial charge in [-0.25, -0.2) is 4.98 Å². The molecular weight excluding hydrogens is 459 g/mol. The summed E-state index contributed by atoms with van der Waals surface area (Å²) < 4.78 is 39.4. The molecule has 10 heteroatoms. The number of hydrogen-bond donors (Lipinski definition) is 2. The first kappa shape index (κ1) is 26.6. The van der Waals surface area contributed by atoms with Crippen LogP contribution in [0.5, 0.6) is 0 Å². The van der Waals surface area contributed by atoms with Gasteiger partial charge in [-0.2, -0.15) is 13.2 Å². The smallest absolute Gasteiger partial charge is 0.351 e. The van der Waals surface area contributed by atoms with Crippen LogP contribution in [-0.2, 0) is 28.9 Å². The third-order valence-electron chi connectivity index (χ3n) is 5.87. The van der Waals surface area contributed by atoms with Crippen LogP contribution in [0.2, 0.25) is 0 Å². The number of anilines is 2. The highest BCUT2D eigenvalue weighted by molar-refractivity contribution is 5.86. The Hall–Kier alpha value is -2.98. The van der Waals surface area contributed by atoms with Gasteiger partial charge in [-0.3, -0.25) is 19.4 Å². The number of carbonyl (C=O) groups excluding carboxylic acids is 2. The van der Waals surface area contributed by atoms with Crippen molar-refractivity contribution in [2.75, 3.05) is 18.0 Å². The van der Waals surface area contributed by atoms with Crippen LogP contribution in [0.3, 0.4) is 0 Å². The molecule has 2 amide bonds. The van der Waals surface area contributed by atoms with Crippen molar-refractivity contribution in [1.29, 1.82) is 0 Å². The molecule has 0 radical (unpaired) electrons. The Morgan fingerprint density at radius 3 is 2.46 bits per heavy atom. The summed E-state index contributed by atoms with van der Waals surface area (Å²) in [7, 11) is 0. The van der Waals surface area contributed by atoms with Gasteiger partial charge in [-0.1, -0.05) is 18.2 Å². The molecular formula is C25H32F3N5O2. The lowest BCUT2D eigenvalue weighted by atomic mass is 9.94. The molecule has 0 bridgehead atoms. The number of pyridine rings is 1. The van der Waals surface area contributed by atoms with Crippen LogP contribution >= 0.6 is 0 Å². The Kier molecular flexibility index (Phi) is 8.17. The van der Waals surface area contributed by atoms with Gasteiger partial charge in [0.05, 0.1) is 5.69 Å². The van der Waals surface area contributed by atoms with Crippen molar-refractivity contribution in [3.8, 4) is 0 Å². The Labute approximate surface area is 203 Å². The van der Waals surface area contributed by atoms with E-state index in [0.29, 0.717) is 24.2 Å². The van der Waals surface area contributed by atoms with Crippen LogP contribution < -0.4 is 16.0 Å². The van der Waals surface area contributed by atoms with Crippen molar-refractivity contribution in [3.63, 3.8) is 0 Å². The summed E-state index contributed by atoms with van der Waals surface area (Å²) in [5.41, 5.74) is 6.39. The summed E-state index contributed by atoms with van der Waals surface area (Å²) in [4.78, 5) is 31.4. The number of benzene rings is 1. The maximum Gasteiger partial charge on any atom is 0.433 e. The molecule has 0 unspecified atom stereocenters. The van der Waals surface area contributed by atoms with Crippen molar-refractivity contribution in [3.05, 3.63) is 53.2 Å². The lowest BCUT2D eigenvalue weighted by Crippen LogP contribution is -2.46. The molecule has 1 aliphatic rings. The molecule has 0 spiro atoms. The molecule has 1 saturated heterocycles. The van der Waals surface area contributed by atoms with Gasteiger partial charge in [-0.05, 0) is 76.0 Å². The third kappa shape index (κ3) is 7.02. The lowest BCUT2D eigenvalue weighted by Gasteiger charge is -2.33. The van der Waals surface area contributed by atoms with Gasteiger partial charge in [0.15, 0.2) is 0 Å². The second kappa shape index (κ2) is 10.7. The molecule has 1 aromatic carbocycles. The van der Waals surface area contributed by atoms with E-state index >= 15 is 0 Å². The van der Waals surface area contributed by atoms with E-state index in [-0.39, 0.29) is 29.7 Å². The van der Waals surface area contributed by atoms with Crippen molar-refractivity contribution < 1.29 is 22.8 Å². The van der Waals surface area contributed by atoms with Gasteiger partial charge < -0.3 is 11.1 Å². The van der Waals surface area contributed by atoms with Gasteiger partial charge in [-0.15, -0.1) is 0 Å². The average molecular weight is 492 g/mol. The number of hydrogen-bond acceptors (Lipinski definition) is 5. The number of halogens is 3. The van der Waals surface area contributed by atoms with Gasteiger partial charge in [0, 0.05) is 24.5 Å². The number of nitrogens with zero attached hydrogens (tertiary/aromatic N) is 3. The first-order valence-electron chi connectivity index (χ1n) is 11.6. The fourth-order valence-electron chi connectivity index (χ4n) is 4.14. The predicted molar refractivity (Wildman–Crippen MR) is 128 cm³/mol. The molecule has 35 heavy (non-hydrogen) atoms. The summed E-state index contributed by atoms with van der Waals surface area (Å²) in [6, 6.07) is 8.86. The largest absolute Gasteiger partial charge is 0.433 e. The first-order valence-corrected chi connectivity index (χ1v) is 11.6. The highest BCUT2D eigenvalue weighted by Crippen LogP contribution is 2.32. The molecule has 0 saturated carbocycles. The maximum atomic E-state index is 13.1. The van der Waals surface area contributed by atoms with Gasteiger partial charge in [0.25, 0.3) is 0 Å². The number of piperidine rings is 1. The standard InChI is InChI=1S/C25H32F3N5O2/c1-24(2,3)31-23(35)18-9-11-32(12-10-18)15-17-7-8-19(14-29)20(13-17)33(16-34)22-6-4-5-21(30-22)25(26,27)28/h4-8,13,16,18H,9-12,14-15,29H2,1-3H3,(H,31,35). The Balaban J connectivity index is 1.76. The minimum atomic E-state index is -4.63. The number of nitrogens with one attached hydrogen (secondary N) is 1. The normalized spacial score (nSPS) is 15.6. The second-order valence-electron chi connectivity index (χ2n) is 9.81. The van der Waals surface area contributed by atoms with Crippen LogP contribution in [0.1, 0.15) is 50.4 Å². The van der Waals surface area contributed by atoms with Gasteiger partial charge >= 0.3 is 6.18 Å². The summed E-state index contributed by atoms with van der Waals surface area (Å²) in [6.07, 6.45) is -2.70. The van der Waals surface area contributed by atoms with E-state index in [2.05, 4.69) is 15.2 Å². The lowest BCUT2D eigenvalue weighted by molar-refractivity contribution is -0.141. The molecule has 1 aliphatic heterocycles. The third-order valence-corrected chi connectivity index (χ3v) is 5.87. The van der Waals surface area contributed by atoms with E-state index in [1.807, 2.05) is 26.8 Å². The minimum absolute atomic E-state index is 0.0295. The Bertz CT molecular complexity index is 1040. The number of rotatable bonds is 7. The van der Waals surface area contributed by atoms with E-state index in [0.717, 1.165) is 42.5 Å². The molecule has 3 N–H and O–H groups in total. The van der Waals surface area contributed by atoms with Crippen molar-refractivity contribution in [2.45, 2.75) is 58.4 Å². The Morgan fingerprint density at radius 2 is 1.89 bits per heavy atom. The average Bonchev–Trinajstić information content (AvgIpc) is 2.79. The van der Waals surface area contributed by atoms with Crippen LogP contribution in [0.4, 0.5) is 24.7 Å². The van der Waals surface area contributed by atoms with E-state index in [1.165, 1.54) is 12.1 Å². The molecule has 2 heterocycles. The zero-order valence-corrected chi connectivity index (χ0v) is 20.2. The van der Waals surface area contributed by atoms with Crippen molar-refractivity contribution >= 4 is 23.8 Å². The molecule has 0 aliphatic carbocycles. The fraction of sp³-hybridized carbons (Fsp3) is 0.480. The molecule has 190 valence electrons. The van der Waals surface area contributed by atoms with Crippen molar-refractivity contribution in [2.24, 2.45) is 11.7 Å². The molecule has 1 fully saturated rings. The van der Waals surface area contributed by atoms with Crippen LogP contribution in [0.15, 0.2) is 36.4 Å². The van der Waals surface area contributed by atoms with E-state index in [1.54, 1.807) is 12.1 Å². The summed E-state index contributed by atoms with van der Waals surface area (Å²) in [5, 5.41) is 3.04. The zero-order chi connectivity index (χ0) is 25.8. The van der Waals surface area contributed by atoms with Crippen LogP contribution in [0.25, 0.3) is 0 Å². The van der Waals surface area contributed by atoms with E-state index < -0.39 is 11.9 Å². The van der Waals surface area contributed by atoms with Gasteiger partial charge in [0.1, 0.15) is 11.5 Å². The molecule has 1 aromatic heterocycles. The van der Waals surface area contributed by atoms with Gasteiger partial charge in [0.2, 0.25) is 12.3 Å². The van der Waals surface area contributed by atoms with Crippen LogP contribution in [0, 0.1) is 5.92 Å². The number of likely N-dealkylation sites (tertiary alicyclic amines) is 1. The summed E-state index contributed by atoms with van der Waals surface area (Å²) in [6.45, 7) is 8.04. The monoisotopic (exact) mass is 491 g/mol. The topological polar surface area (TPSA) is 91.6 Å². The van der Waals surface area contributed by atoms with E-state index in [4.69, 9.17) is 5.73 Å². The number of amides is 2. The highest BCUT2D eigenvalue weighted by Gasteiger charge is 2.33. The quantitative estimate of drug-likeness (QED) is 0.572. The number of alkyl halides is 3. The number of carbonyl (C=O) groups is 2. The summed E-state index contributed by atoms with van der Waals surface area (Å²) >= 11 is 0. The van der Waals surface area contributed by atoms with Crippen LogP contribution in [-0.4, -0.2) is 40.8 Å². The molecule has 0 atom stereocenters. The maximum absolute atomic E-state index is 13.1. The zero-order valence-electron chi connectivity index (χ0n) is 20.2. The highest BCUT2D eigenvalue weighted by atomic mass is 19.4. The number of nitrogens with two attached hydrogens (primary N) is 1. The van der Waals surface area contributed by atoms with E-state index in [9.17, 15) is 22.8 Å². The Morgan fingerprint density at radius 1 is 1.20 bits per heavy atom. The minimum Gasteiger partial charge on any atom is -0.351 e. The molecule has 7 nitrogen and oxygen atoms in total. The first-order chi connectivity index (χ1) is 16.4. The molecule has 3 rings (SSSR count). The van der Waals surface area contributed by atoms with Crippen molar-refractivity contribution in [1.82, 2.24) is 15.2 Å². The number of aromatic nitrogens is 1. The summed E-state index contributed by atoms with van der Waals surface area (Å²) in [5.74, 6) is -0.0903. The predicted octanol–water partition coefficient (Wildman–Crippen LogP) is 3.98. The molecule has 2 aromatic rings. The second-order valence-corrected chi connectivity index (χ2v) is 9.81. The fourth-order valence-corrected chi connectivity index (χ4v) is 4.14. The SMILES string of the molecule is CC(C)(C)NC(=O)C1CCN(Cc2ccc(CN)c(N(C=O)c3cccc(C(F)(F)F)n3)c2)CC1.